The lowest BCUT2D eigenvalue weighted by Crippen LogP contribution is -2.39. The topological polar surface area (TPSA) is 74.8 Å². The molecule has 7 nitrogen and oxygen atoms in total. The van der Waals surface area contributed by atoms with Gasteiger partial charge < -0.3 is 14.0 Å². The average molecular weight is 556 g/mol. The van der Waals surface area contributed by atoms with Gasteiger partial charge in [0.05, 0.1) is 35.1 Å². The summed E-state index contributed by atoms with van der Waals surface area (Å²) in [6.45, 7) is 12.4. The molecule has 0 saturated heterocycles. The molecule has 1 aliphatic heterocycles. The van der Waals surface area contributed by atoms with Crippen LogP contribution in [0.15, 0.2) is 75.7 Å². The highest BCUT2D eigenvalue weighted by molar-refractivity contribution is 7.07. The van der Waals surface area contributed by atoms with Crippen molar-refractivity contribution in [3.8, 4) is 11.4 Å². The first-order chi connectivity index (χ1) is 19.2. The molecule has 0 unspecified atom stereocenters. The van der Waals surface area contributed by atoms with Gasteiger partial charge in [0.1, 0.15) is 5.75 Å². The lowest BCUT2D eigenvalue weighted by atomic mass is 9.96. The normalized spacial score (nSPS) is 15.2. The molecule has 5 rings (SSSR count). The molecule has 8 heteroatoms. The predicted molar refractivity (Wildman–Crippen MR) is 158 cm³/mol. The number of aromatic nitrogens is 2. The summed E-state index contributed by atoms with van der Waals surface area (Å²) in [5.74, 6) is 0.250. The summed E-state index contributed by atoms with van der Waals surface area (Å²) in [4.78, 5) is 32.4. The number of rotatable bonds is 7. The van der Waals surface area contributed by atoms with Crippen LogP contribution in [0.3, 0.4) is 0 Å². The molecule has 40 heavy (non-hydrogen) atoms. The monoisotopic (exact) mass is 555 g/mol. The molecular formula is C32H33N3O4S. The van der Waals surface area contributed by atoms with Gasteiger partial charge in [-0.3, -0.25) is 9.36 Å². The molecule has 2 aromatic heterocycles. The fourth-order valence-corrected chi connectivity index (χ4v) is 6.22. The number of fused-ring (bicyclic) bond motifs is 1. The molecule has 0 spiro atoms. The number of hydrogen-bond donors (Lipinski definition) is 0. The maximum absolute atomic E-state index is 14.0. The van der Waals surface area contributed by atoms with E-state index in [-0.39, 0.29) is 12.2 Å². The summed E-state index contributed by atoms with van der Waals surface area (Å²) in [5.41, 5.74) is 6.85. The Morgan fingerprint density at radius 3 is 2.35 bits per heavy atom. The Balaban J connectivity index is 1.66. The molecule has 0 bridgehead atoms. The second-order valence-corrected chi connectivity index (χ2v) is 10.8. The Hall–Kier alpha value is -4.17. The summed E-state index contributed by atoms with van der Waals surface area (Å²) in [5, 5.41) is 0. The van der Waals surface area contributed by atoms with Crippen molar-refractivity contribution >= 4 is 23.4 Å². The Labute approximate surface area is 237 Å². The zero-order valence-corrected chi connectivity index (χ0v) is 24.5. The number of ether oxygens (including phenoxy) is 2. The van der Waals surface area contributed by atoms with Crippen LogP contribution in [-0.2, 0) is 9.53 Å². The van der Waals surface area contributed by atoms with E-state index in [1.54, 1.807) is 18.4 Å². The van der Waals surface area contributed by atoms with Gasteiger partial charge in [-0.2, -0.15) is 0 Å². The molecule has 0 radical (unpaired) electrons. The molecule has 0 amide bonds. The molecule has 0 saturated carbocycles. The maximum atomic E-state index is 14.0. The van der Waals surface area contributed by atoms with Crippen molar-refractivity contribution in [2.45, 2.75) is 47.6 Å². The van der Waals surface area contributed by atoms with Crippen LogP contribution in [0.5, 0.6) is 5.75 Å². The summed E-state index contributed by atoms with van der Waals surface area (Å²) < 4.78 is 15.4. The molecule has 1 aliphatic rings. The molecule has 0 fully saturated rings. The Morgan fingerprint density at radius 2 is 1.70 bits per heavy atom. The van der Waals surface area contributed by atoms with Gasteiger partial charge in [-0.05, 0) is 89.1 Å². The zero-order chi connectivity index (χ0) is 28.6. The van der Waals surface area contributed by atoms with Crippen LogP contribution in [0.1, 0.15) is 54.9 Å². The van der Waals surface area contributed by atoms with Crippen molar-refractivity contribution in [3.63, 3.8) is 0 Å². The van der Waals surface area contributed by atoms with Crippen molar-refractivity contribution in [1.29, 1.82) is 0 Å². The number of esters is 1. The Morgan fingerprint density at radius 1 is 1.00 bits per heavy atom. The second-order valence-electron chi connectivity index (χ2n) is 9.80. The Bertz CT molecular complexity index is 1790. The summed E-state index contributed by atoms with van der Waals surface area (Å²) >= 11 is 1.33. The largest absolute Gasteiger partial charge is 0.494 e. The van der Waals surface area contributed by atoms with E-state index >= 15 is 0 Å². The quantitative estimate of drug-likeness (QED) is 0.304. The van der Waals surface area contributed by atoms with Crippen LogP contribution in [0.25, 0.3) is 11.8 Å². The molecule has 0 N–H and O–H groups in total. The first-order valence-electron chi connectivity index (χ1n) is 13.4. The first kappa shape index (κ1) is 27.4. The van der Waals surface area contributed by atoms with Crippen LogP contribution in [0.4, 0.5) is 0 Å². The van der Waals surface area contributed by atoms with Gasteiger partial charge >= 0.3 is 5.97 Å². The van der Waals surface area contributed by atoms with Crippen molar-refractivity contribution in [2.24, 2.45) is 4.99 Å². The minimum Gasteiger partial charge on any atom is -0.494 e. The summed E-state index contributed by atoms with van der Waals surface area (Å²) in [6.07, 6.45) is 1.93. The van der Waals surface area contributed by atoms with Gasteiger partial charge in [-0.1, -0.05) is 41.2 Å². The highest BCUT2D eigenvalue weighted by Crippen LogP contribution is 2.31. The zero-order valence-electron chi connectivity index (χ0n) is 23.6. The SMILES string of the molecule is CCOC(=O)C1=C(C)N=c2s/c(=C\c3cc(C)n(-c4ccc(C)cc4)c3C)c(=O)n2[C@H]1c1ccc(OCC)cc1. The van der Waals surface area contributed by atoms with Crippen LogP contribution < -0.4 is 19.6 Å². The number of hydrogen-bond acceptors (Lipinski definition) is 6. The fraction of sp³-hybridized carbons (Fsp3) is 0.281. The van der Waals surface area contributed by atoms with Gasteiger partial charge in [-0.15, -0.1) is 0 Å². The minimum atomic E-state index is -0.659. The van der Waals surface area contributed by atoms with Crippen molar-refractivity contribution < 1.29 is 14.3 Å². The molecule has 206 valence electrons. The first-order valence-corrected chi connectivity index (χ1v) is 14.2. The van der Waals surface area contributed by atoms with Crippen LogP contribution in [0, 0.1) is 20.8 Å². The minimum absolute atomic E-state index is 0.197. The maximum Gasteiger partial charge on any atom is 0.338 e. The molecule has 4 aromatic rings. The van der Waals surface area contributed by atoms with Gasteiger partial charge in [0.25, 0.3) is 5.56 Å². The molecular weight excluding hydrogens is 522 g/mol. The summed E-state index contributed by atoms with van der Waals surface area (Å²) in [7, 11) is 0. The number of nitrogens with zero attached hydrogens (tertiary/aromatic N) is 3. The third-order valence-electron chi connectivity index (χ3n) is 7.07. The van der Waals surface area contributed by atoms with Crippen molar-refractivity contribution in [2.75, 3.05) is 13.2 Å². The van der Waals surface area contributed by atoms with Gasteiger partial charge in [0.15, 0.2) is 4.80 Å². The van der Waals surface area contributed by atoms with Crippen LogP contribution >= 0.6 is 11.3 Å². The molecule has 2 aromatic carbocycles. The van der Waals surface area contributed by atoms with E-state index in [1.807, 2.05) is 37.3 Å². The number of allylic oxidation sites excluding steroid dienone is 1. The van der Waals surface area contributed by atoms with E-state index in [4.69, 9.17) is 9.47 Å². The lowest BCUT2D eigenvalue weighted by molar-refractivity contribution is -0.139. The fourth-order valence-electron chi connectivity index (χ4n) is 5.19. The summed E-state index contributed by atoms with van der Waals surface area (Å²) in [6, 6.07) is 17.3. The number of carbonyl (C=O) groups excluding carboxylic acids is 1. The lowest BCUT2D eigenvalue weighted by Gasteiger charge is -2.24. The molecule has 0 aliphatic carbocycles. The van der Waals surface area contributed by atoms with E-state index in [0.29, 0.717) is 27.2 Å². The predicted octanol–water partition coefficient (Wildman–Crippen LogP) is 4.91. The number of aryl methyl sites for hydroxylation is 2. The van der Waals surface area contributed by atoms with Gasteiger partial charge in [0.2, 0.25) is 0 Å². The number of benzene rings is 2. The Kier molecular flexibility index (Phi) is 7.63. The van der Waals surface area contributed by atoms with Crippen molar-refractivity contribution in [3.05, 3.63) is 114 Å². The van der Waals surface area contributed by atoms with E-state index in [1.165, 1.54) is 16.9 Å². The van der Waals surface area contributed by atoms with Gasteiger partial charge in [0, 0.05) is 17.1 Å². The second kappa shape index (κ2) is 11.1. The third kappa shape index (κ3) is 4.95. The van der Waals surface area contributed by atoms with E-state index in [9.17, 15) is 9.59 Å². The third-order valence-corrected chi connectivity index (χ3v) is 8.06. The molecule has 3 heterocycles. The number of thiazole rings is 1. The van der Waals surface area contributed by atoms with Crippen LogP contribution in [0.2, 0.25) is 0 Å². The molecule has 1 atom stereocenters. The smallest absolute Gasteiger partial charge is 0.338 e. The van der Waals surface area contributed by atoms with E-state index in [2.05, 4.69) is 60.7 Å². The van der Waals surface area contributed by atoms with E-state index in [0.717, 1.165) is 34.0 Å². The number of carbonyl (C=O) groups is 1. The highest BCUT2D eigenvalue weighted by atomic mass is 32.1. The highest BCUT2D eigenvalue weighted by Gasteiger charge is 2.33. The van der Waals surface area contributed by atoms with Gasteiger partial charge in [-0.25, -0.2) is 9.79 Å². The van der Waals surface area contributed by atoms with E-state index < -0.39 is 12.0 Å². The van der Waals surface area contributed by atoms with Crippen LogP contribution in [-0.4, -0.2) is 28.3 Å². The van der Waals surface area contributed by atoms with Crippen molar-refractivity contribution in [1.82, 2.24) is 9.13 Å². The standard InChI is InChI=1S/C32H33N3O4S/c1-7-38-26-15-11-23(12-16-26)29-28(31(37)39-8-2)21(5)33-32-35(29)30(36)27(40-32)18-24-17-20(4)34(22(24)6)25-13-9-19(3)10-14-25/h9-18,29H,7-8H2,1-6H3/b27-18-/t29-/m0/s1. The average Bonchev–Trinajstić information content (AvgIpc) is 3.38.